The molecule has 3 N–H and O–H groups in total. The van der Waals surface area contributed by atoms with Gasteiger partial charge < -0.3 is 24.8 Å². The van der Waals surface area contributed by atoms with Gasteiger partial charge in [-0.15, -0.1) is 0 Å². The molecule has 0 spiro atoms. The second kappa shape index (κ2) is 11.3. The lowest BCUT2D eigenvalue weighted by Crippen LogP contribution is -2.46. The van der Waals surface area contributed by atoms with Gasteiger partial charge in [-0.2, -0.15) is 0 Å². The lowest BCUT2D eigenvalue weighted by Gasteiger charge is -2.21. The zero-order valence-electron chi connectivity index (χ0n) is 22.7. The van der Waals surface area contributed by atoms with Crippen LogP contribution in [0.3, 0.4) is 0 Å². The number of carbonyl (C=O) groups excluding carboxylic acids is 1. The van der Waals surface area contributed by atoms with E-state index in [-0.39, 0.29) is 17.8 Å². The standard InChI is InChI=1S/C29H30N4O8/c1-4-40-20(35)13-32-27(38)23-26(33(29(32)39)28-25(37)24(36)19(14-34)41-28)31-22(18-11-7-16(3)8-12-18)21(30-23)17-9-5-15(2)6-10-17/h5-12,19,24-25,28,34,36-37H,4,13-14H2,1-3H3/t19-,24-,25-,28-/m1/s1. The second-order valence-electron chi connectivity index (χ2n) is 9.90. The van der Waals surface area contributed by atoms with Crippen molar-refractivity contribution in [3.05, 3.63) is 80.5 Å². The summed E-state index contributed by atoms with van der Waals surface area (Å²) in [5.41, 5.74) is 1.61. The highest BCUT2D eigenvalue weighted by Crippen LogP contribution is 2.33. The fourth-order valence-corrected chi connectivity index (χ4v) is 4.80. The molecule has 4 aromatic rings. The number of nitrogens with zero attached hydrogens (tertiary/aromatic N) is 4. The predicted octanol–water partition coefficient (Wildman–Crippen LogP) is 1.08. The van der Waals surface area contributed by atoms with Crippen molar-refractivity contribution in [2.75, 3.05) is 13.2 Å². The van der Waals surface area contributed by atoms with Gasteiger partial charge in [0.2, 0.25) is 0 Å². The quantitative estimate of drug-likeness (QED) is 0.278. The van der Waals surface area contributed by atoms with Gasteiger partial charge in [-0.1, -0.05) is 59.7 Å². The third kappa shape index (κ3) is 5.18. The Kier molecular flexibility index (Phi) is 7.82. The van der Waals surface area contributed by atoms with Gasteiger partial charge in [0.05, 0.1) is 24.6 Å². The molecule has 1 aliphatic rings. The number of aryl methyl sites for hydroxylation is 2. The Morgan fingerprint density at radius 3 is 2.00 bits per heavy atom. The molecule has 2 aromatic heterocycles. The van der Waals surface area contributed by atoms with Gasteiger partial charge in [-0.25, -0.2) is 23.9 Å². The first kappa shape index (κ1) is 28.3. The number of hydrogen-bond donors (Lipinski definition) is 3. The molecule has 41 heavy (non-hydrogen) atoms. The Morgan fingerprint density at radius 2 is 1.49 bits per heavy atom. The SMILES string of the molecule is CCOC(=O)Cn1c(=O)c2nc(-c3ccc(C)cc3)c(-c3ccc(C)cc3)nc2n([C@@H]2O[C@H](CO)[C@@H](O)[C@H]2O)c1=O. The minimum absolute atomic E-state index is 0.0292. The minimum atomic E-state index is -1.66. The summed E-state index contributed by atoms with van der Waals surface area (Å²) >= 11 is 0. The number of fused-ring (bicyclic) bond motifs is 1. The molecule has 1 fully saturated rings. The van der Waals surface area contributed by atoms with Crippen LogP contribution in [-0.2, 0) is 20.8 Å². The highest BCUT2D eigenvalue weighted by atomic mass is 16.6. The van der Waals surface area contributed by atoms with E-state index in [0.29, 0.717) is 27.1 Å². The van der Waals surface area contributed by atoms with Crippen LogP contribution >= 0.6 is 0 Å². The summed E-state index contributed by atoms with van der Waals surface area (Å²) < 4.78 is 12.1. The largest absolute Gasteiger partial charge is 0.465 e. The average Bonchev–Trinajstić information content (AvgIpc) is 3.24. The zero-order valence-corrected chi connectivity index (χ0v) is 22.7. The van der Waals surface area contributed by atoms with Crippen molar-refractivity contribution in [2.24, 2.45) is 0 Å². The van der Waals surface area contributed by atoms with Crippen LogP contribution in [0, 0.1) is 13.8 Å². The zero-order chi connectivity index (χ0) is 29.4. The van der Waals surface area contributed by atoms with Crippen LogP contribution in [0.1, 0.15) is 24.3 Å². The van der Waals surface area contributed by atoms with Crippen molar-refractivity contribution >= 4 is 17.1 Å². The first-order chi connectivity index (χ1) is 19.6. The van der Waals surface area contributed by atoms with Crippen LogP contribution in [0.2, 0.25) is 0 Å². The molecule has 0 radical (unpaired) electrons. The number of ether oxygens (including phenoxy) is 2. The number of carbonyl (C=O) groups is 1. The topological polar surface area (TPSA) is 166 Å². The normalized spacial score (nSPS) is 20.4. The molecule has 4 atom stereocenters. The van der Waals surface area contributed by atoms with E-state index in [4.69, 9.17) is 14.5 Å². The lowest BCUT2D eigenvalue weighted by atomic mass is 10.0. The van der Waals surface area contributed by atoms with Gasteiger partial charge >= 0.3 is 11.7 Å². The number of aliphatic hydroxyl groups is 3. The minimum Gasteiger partial charge on any atom is -0.465 e. The first-order valence-electron chi connectivity index (χ1n) is 13.1. The number of esters is 1. The molecule has 12 nitrogen and oxygen atoms in total. The van der Waals surface area contributed by atoms with Crippen LogP contribution in [0.25, 0.3) is 33.7 Å². The predicted molar refractivity (Wildman–Crippen MR) is 148 cm³/mol. The van der Waals surface area contributed by atoms with E-state index < -0.39 is 54.9 Å². The maximum atomic E-state index is 13.8. The van der Waals surface area contributed by atoms with Crippen molar-refractivity contribution in [1.29, 1.82) is 0 Å². The van der Waals surface area contributed by atoms with Crippen LogP contribution in [0.5, 0.6) is 0 Å². The Morgan fingerprint density at radius 1 is 0.927 bits per heavy atom. The number of rotatable bonds is 7. The number of hydrogen-bond acceptors (Lipinski definition) is 10. The van der Waals surface area contributed by atoms with E-state index in [1.807, 2.05) is 62.4 Å². The summed E-state index contributed by atoms with van der Waals surface area (Å²) in [5.74, 6) is -0.832. The summed E-state index contributed by atoms with van der Waals surface area (Å²) in [7, 11) is 0. The second-order valence-corrected chi connectivity index (χ2v) is 9.90. The highest BCUT2D eigenvalue weighted by molar-refractivity contribution is 5.84. The monoisotopic (exact) mass is 562 g/mol. The third-order valence-corrected chi connectivity index (χ3v) is 7.00. The van der Waals surface area contributed by atoms with E-state index in [9.17, 15) is 29.7 Å². The van der Waals surface area contributed by atoms with Crippen LogP contribution in [0.4, 0.5) is 0 Å². The number of benzene rings is 2. The fourth-order valence-electron chi connectivity index (χ4n) is 4.80. The highest BCUT2D eigenvalue weighted by Gasteiger charge is 2.45. The molecular weight excluding hydrogens is 532 g/mol. The first-order valence-corrected chi connectivity index (χ1v) is 13.1. The molecule has 1 saturated heterocycles. The molecule has 0 aliphatic carbocycles. The van der Waals surface area contributed by atoms with Crippen molar-refractivity contribution in [2.45, 2.75) is 51.9 Å². The van der Waals surface area contributed by atoms with E-state index in [0.717, 1.165) is 15.7 Å². The van der Waals surface area contributed by atoms with Crippen molar-refractivity contribution in [3.63, 3.8) is 0 Å². The van der Waals surface area contributed by atoms with Gasteiger partial charge in [0.25, 0.3) is 5.56 Å². The molecule has 214 valence electrons. The van der Waals surface area contributed by atoms with Gasteiger partial charge in [-0.05, 0) is 20.8 Å². The van der Waals surface area contributed by atoms with Crippen LogP contribution < -0.4 is 11.2 Å². The van der Waals surface area contributed by atoms with Crippen molar-refractivity contribution < 1.29 is 29.6 Å². The van der Waals surface area contributed by atoms with Gasteiger partial charge in [0.1, 0.15) is 24.9 Å². The van der Waals surface area contributed by atoms with Crippen LogP contribution in [0.15, 0.2) is 58.1 Å². The molecule has 0 bridgehead atoms. The Bertz CT molecular complexity index is 1710. The molecule has 0 unspecified atom stereocenters. The van der Waals surface area contributed by atoms with E-state index >= 15 is 0 Å². The summed E-state index contributed by atoms with van der Waals surface area (Å²) in [6.07, 6.45) is -5.95. The maximum Gasteiger partial charge on any atom is 0.335 e. The molecule has 0 saturated carbocycles. The summed E-state index contributed by atoms with van der Waals surface area (Å²) in [6, 6.07) is 14.9. The summed E-state index contributed by atoms with van der Waals surface area (Å²) in [4.78, 5) is 49.3. The summed E-state index contributed by atoms with van der Waals surface area (Å²) in [6.45, 7) is 4.12. The Balaban J connectivity index is 1.87. The average molecular weight is 563 g/mol. The molecule has 12 heteroatoms. The fraction of sp³-hybridized carbons (Fsp3) is 0.345. The van der Waals surface area contributed by atoms with Gasteiger partial charge in [-0.3, -0.25) is 9.59 Å². The van der Waals surface area contributed by atoms with E-state index in [1.165, 1.54) is 0 Å². The summed E-state index contributed by atoms with van der Waals surface area (Å²) in [5, 5.41) is 30.9. The van der Waals surface area contributed by atoms with E-state index in [1.54, 1.807) is 6.92 Å². The van der Waals surface area contributed by atoms with Crippen LogP contribution in [-0.4, -0.2) is 71.9 Å². The molecular formula is C29H30N4O8. The smallest absolute Gasteiger partial charge is 0.335 e. The third-order valence-electron chi connectivity index (χ3n) is 7.00. The van der Waals surface area contributed by atoms with Crippen molar-refractivity contribution in [3.8, 4) is 22.5 Å². The number of aromatic nitrogens is 4. The van der Waals surface area contributed by atoms with E-state index in [2.05, 4.69) is 4.98 Å². The van der Waals surface area contributed by atoms with Gasteiger partial charge in [0, 0.05) is 11.1 Å². The molecule has 2 aromatic carbocycles. The molecule has 3 heterocycles. The Labute approximate surface area is 234 Å². The maximum absolute atomic E-state index is 13.8. The lowest BCUT2D eigenvalue weighted by molar-refractivity contribution is -0.144. The Hall–Kier alpha value is -4.23. The molecule has 5 rings (SSSR count). The van der Waals surface area contributed by atoms with Gasteiger partial charge in [0.15, 0.2) is 17.4 Å². The van der Waals surface area contributed by atoms with Crippen molar-refractivity contribution in [1.82, 2.24) is 19.1 Å². The molecule has 0 amide bonds. The molecule has 1 aliphatic heterocycles. The number of aliphatic hydroxyl groups excluding tert-OH is 3.